The van der Waals surface area contributed by atoms with Crippen LogP contribution in [0, 0.1) is 5.92 Å². The van der Waals surface area contributed by atoms with E-state index in [0.717, 1.165) is 42.6 Å². The van der Waals surface area contributed by atoms with E-state index in [9.17, 15) is 9.90 Å². The lowest BCUT2D eigenvalue weighted by Gasteiger charge is -2.24. The standard InChI is InChI=1S/C15H21N3O2/c16-11-6-9-4-5-15(20)18-13(9)7-14(11)17-12-3-1-2-10(12)8-19/h6-7,10,12,17,19H,1-5,8,16H2,(H,18,20). The molecule has 2 aliphatic rings. The number of carbonyl (C=O) groups is 1. The van der Waals surface area contributed by atoms with E-state index in [4.69, 9.17) is 5.73 Å². The average Bonchev–Trinajstić information content (AvgIpc) is 2.87. The minimum Gasteiger partial charge on any atom is -0.397 e. The molecule has 1 fully saturated rings. The molecule has 108 valence electrons. The summed E-state index contributed by atoms with van der Waals surface area (Å²) in [5.74, 6) is 0.349. The summed E-state index contributed by atoms with van der Waals surface area (Å²) in [6.45, 7) is 0.208. The molecule has 0 radical (unpaired) electrons. The highest BCUT2D eigenvalue weighted by atomic mass is 16.3. The second kappa shape index (κ2) is 5.32. The number of anilines is 3. The Morgan fingerprint density at radius 3 is 3.00 bits per heavy atom. The Bertz CT molecular complexity index is 530. The summed E-state index contributed by atoms with van der Waals surface area (Å²) >= 11 is 0. The van der Waals surface area contributed by atoms with Gasteiger partial charge in [-0.1, -0.05) is 6.42 Å². The van der Waals surface area contributed by atoms with E-state index in [-0.39, 0.29) is 18.6 Å². The fourth-order valence-electron chi connectivity index (χ4n) is 3.22. The van der Waals surface area contributed by atoms with Crippen molar-refractivity contribution in [1.29, 1.82) is 0 Å². The minimum absolute atomic E-state index is 0.0577. The maximum absolute atomic E-state index is 11.5. The monoisotopic (exact) mass is 275 g/mol. The van der Waals surface area contributed by atoms with Crippen LogP contribution in [0.2, 0.25) is 0 Å². The summed E-state index contributed by atoms with van der Waals surface area (Å²) in [4.78, 5) is 11.5. The van der Waals surface area contributed by atoms with Crippen molar-refractivity contribution in [2.24, 2.45) is 5.92 Å². The molecule has 5 heteroatoms. The maximum atomic E-state index is 11.5. The third-order valence-corrected chi connectivity index (χ3v) is 4.41. The molecule has 0 saturated heterocycles. The predicted molar refractivity (Wildman–Crippen MR) is 79.6 cm³/mol. The van der Waals surface area contributed by atoms with Crippen molar-refractivity contribution in [3.63, 3.8) is 0 Å². The van der Waals surface area contributed by atoms with Crippen LogP contribution in [0.5, 0.6) is 0 Å². The van der Waals surface area contributed by atoms with Gasteiger partial charge in [-0.3, -0.25) is 4.79 Å². The number of nitrogen functional groups attached to an aromatic ring is 1. The highest BCUT2D eigenvalue weighted by Crippen LogP contribution is 2.34. The quantitative estimate of drug-likeness (QED) is 0.633. The van der Waals surface area contributed by atoms with Crippen LogP contribution in [0.1, 0.15) is 31.2 Å². The summed E-state index contributed by atoms with van der Waals surface area (Å²) in [6, 6.07) is 4.13. The zero-order valence-electron chi connectivity index (χ0n) is 11.5. The zero-order valence-corrected chi connectivity index (χ0v) is 11.5. The lowest BCUT2D eigenvalue weighted by molar-refractivity contribution is -0.116. The van der Waals surface area contributed by atoms with E-state index in [1.54, 1.807) is 0 Å². The van der Waals surface area contributed by atoms with Crippen molar-refractivity contribution in [3.8, 4) is 0 Å². The number of hydrogen-bond acceptors (Lipinski definition) is 4. The minimum atomic E-state index is 0.0577. The molecule has 1 aliphatic carbocycles. The number of carbonyl (C=O) groups excluding carboxylic acids is 1. The highest BCUT2D eigenvalue weighted by molar-refractivity contribution is 5.95. The molecule has 3 rings (SSSR count). The number of amides is 1. The SMILES string of the molecule is Nc1cc2c(cc1NC1CCCC1CO)NC(=O)CC2. The summed E-state index contributed by atoms with van der Waals surface area (Å²) in [5.41, 5.74) is 9.63. The molecular weight excluding hydrogens is 254 g/mol. The molecule has 1 amide bonds. The van der Waals surface area contributed by atoms with Crippen LogP contribution in [-0.2, 0) is 11.2 Å². The summed E-state index contributed by atoms with van der Waals surface area (Å²) in [6.07, 6.45) is 4.50. The van der Waals surface area contributed by atoms with Gasteiger partial charge in [0.25, 0.3) is 0 Å². The number of aryl methyl sites for hydroxylation is 1. The molecule has 1 aliphatic heterocycles. The highest BCUT2D eigenvalue weighted by Gasteiger charge is 2.27. The normalized spacial score (nSPS) is 25.1. The van der Waals surface area contributed by atoms with Gasteiger partial charge < -0.3 is 21.5 Å². The van der Waals surface area contributed by atoms with E-state index in [2.05, 4.69) is 10.6 Å². The zero-order chi connectivity index (χ0) is 14.1. The Labute approximate surface area is 118 Å². The van der Waals surface area contributed by atoms with Crippen molar-refractivity contribution in [3.05, 3.63) is 17.7 Å². The van der Waals surface area contributed by atoms with Crippen LogP contribution in [0.4, 0.5) is 17.1 Å². The molecule has 0 aromatic heterocycles. The number of hydrogen-bond donors (Lipinski definition) is 4. The molecule has 1 saturated carbocycles. The van der Waals surface area contributed by atoms with E-state index < -0.39 is 0 Å². The first-order valence-corrected chi connectivity index (χ1v) is 7.27. The molecule has 2 unspecified atom stereocenters. The number of nitrogens with one attached hydrogen (secondary N) is 2. The third kappa shape index (κ3) is 2.45. The van der Waals surface area contributed by atoms with Gasteiger partial charge in [0.1, 0.15) is 0 Å². The first kappa shape index (κ1) is 13.2. The number of fused-ring (bicyclic) bond motifs is 1. The molecule has 20 heavy (non-hydrogen) atoms. The van der Waals surface area contributed by atoms with Gasteiger partial charge in [-0.05, 0) is 37.0 Å². The lowest BCUT2D eigenvalue weighted by atomic mass is 10.00. The van der Waals surface area contributed by atoms with Gasteiger partial charge in [0.2, 0.25) is 5.91 Å². The number of nitrogens with two attached hydrogens (primary N) is 1. The lowest BCUT2D eigenvalue weighted by Crippen LogP contribution is -2.27. The maximum Gasteiger partial charge on any atom is 0.224 e. The Morgan fingerprint density at radius 2 is 2.20 bits per heavy atom. The first-order valence-electron chi connectivity index (χ1n) is 7.27. The van der Waals surface area contributed by atoms with Crippen molar-refractivity contribution in [2.75, 3.05) is 23.0 Å². The van der Waals surface area contributed by atoms with Crippen LogP contribution < -0.4 is 16.4 Å². The summed E-state index contributed by atoms with van der Waals surface area (Å²) in [7, 11) is 0. The molecule has 0 bridgehead atoms. The first-order chi connectivity index (χ1) is 9.67. The van der Waals surface area contributed by atoms with Crippen LogP contribution in [0.25, 0.3) is 0 Å². The van der Waals surface area contributed by atoms with Gasteiger partial charge >= 0.3 is 0 Å². The molecule has 1 aromatic rings. The topological polar surface area (TPSA) is 87.4 Å². The summed E-state index contributed by atoms with van der Waals surface area (Å²) in [5, 5.41) is 15.7. The van der Waals surface area contributed by atoms with Gasteiger partial charge in [-0.25, -0.2) is 0 Å². The van der Waals surface area contributed by atoms with Gasteiger partial charge in [0.15, 0.2) is 0 Å². The van der Waals surface area contributed by atoms with E-state index in [1.807, 2.05) is 12.1 Å². The fourth-order valence-corrected chi connectivity index (χ4v) is 3.22. The Balaban J connectivity index is 1.83. The van der Waals surface area contributed by atoms with E-state index >= 15 is 0 Å². The largest absolute Gasteiger partial charge is 0.397 e. The molecule has 5 N–H and O–H groups in total. The molecule has 2 atom stereocenters. The van der Waals surface area contributed by atoms with Gasteiger partial charge in [-0.15, -0.1) is 0 Å². The Morgan fingerprint density at radius 1 is 1.35 bits per heavy atom. The fraction of sp³-hybridized carbons (Fsp3) is 0.533. The second-order valence-corrected chi connectivity index (χ2v) is 5.77. The Hall–Kier alpha value is -1.75. The van der Waals surface area contributed by atoms with Gasteiger partial charge in [0.05, 0.1) is 11.4 Å². The second-order valence-electron chi connectivity index (χ2n) is 5.77. The van der Waals surface area contributed by atoms with Gasteiger partial charge in [0, 0.05) is 30.7 Å². The summed E-state index contributed by atoms with van der Waals surface area (Å²) < 4.78 is 0. The molecule has 1 heterocycles. The smallest absolute Gasteiger partial charge is 0.224 e. The van der Waals surface area contributed by atoms with Crippen molar-refractivity contribution >= 4 is 23.0 Å². The van der Waals surface area contributed by atoms with Gasteiger partial charge in [-0.2, -0.15) is 0 Å². The number of rotatable bonds is 3. The molecular formula is C15H21N3O2. The van der Waals surface area contributed by atoms with Crippen molar-refractivity contribution in [2.45, 2.75) is 38.1 Å². The van der Waals surface area contributed by atoms with Crippen molar-refractivity contribution < 1.29 is 9.90 Å². The van der Waals surface area contributed by atoms with Crippen LogP contribution >= 0.6 is 0 Å². The molecule has 0 spiro atoms. The predicted octanol–water partition coefficient (Wildman–Crippen LogP) is 1.73. The number of benzene rings is 1. The molecule has 1 aromatic carbocycles. The van der Waals surface area contributed by atoms with Crippen LogP contribution in [-0.4, -0.2) is 23.7 Å². The number of aliphatic hydroxyl groups is 1. The third-order valence-electron chi connectivity index (χ3n) is 4.41. The Kier molecular flexibility index (Phi) is 3.53. The van der Waals surface area contributed by atoms with Crippen LogP contribution in [0.15, 0.2) is 12.1 Å². The van der Waals surface area contributed by atoms with Crippen molar-refractivity contribution in [1.82, 2.24) is 0 Å². The van der Waals surface area contributed by atoms with E-state index in [1.165, 1.54) is 0 Å². The number of aliphatic hydroxyl groups excluding tert-OH is 1. The van der Waals surface area contributed by atoms with E-state index in [0.29, 0.717) is 18.0 Å². The van der Waals surface area contributed by atoms with Crippen LogP contribution in [0.3, 0.4) is 0 Å². The average molecular weight is 275 g/mol. The molecule has 5 nitrogen and oxygen atoms in total.